The van der Waals surface area contributed by atoms with Gasteiger partial charge in [0.25, 0.3) is 0 Å². The molecule has 1 saturated carbocycles. The fourth-order valence-electron chi connectivity index (χ4n) is 3.87. The quantitative estimate of drug-likeness (QED) is 0.849. The number of hydrogen-bond acceptors (Lipinski definition) is 2. The Balaban J connectivity index is 1.90. The van der Waals surface area contributed by atoms with Gasteiger partial charge in [-0.1, -0.05) is 33.1 Å². The lowest BCUT2D eigenvalue weighted by Gasteiger charge is -2.41. The first-order valence-electron chi connectivity index (χ1n) is 7.99. The molecule has 1 aliphatic heterocycles. The van der Waals surface area contributed by atoms with Crippen molar-refractivity contribution in [2.24, 2.45) is 17.3 Å². The van der Waals surface area contributed by atoms with E-state index in [9.17, 15) is 9.90 Å². The smallest absolute Gasteiger partial charge is 0.310 e. The van der Waals surface area contributed by atoms with E-state index in [1.807, 2.05) is 0 Å². The molecule has 0 atom stereocenters. The summed E-state index contributed by atoms with van der Waals surface area (Å²) in [6, 6.07) is 0. The van der Waals surface area contributed by atoms with Crippen molar-refractivity contribution in [1.29, 1.82) is 0 Å². The van der Waals surface area contributed by atoms with Crippen LogP contribution in [-0.2, 0) is 4.79 Å². The average molecular weight is 267 g/mol. The maximum atomic E-state index is 11.7. The molecule has 0 aromatic carbocycles. The van der Waals surface area contributed by atoms with E-state index in [1.54, 1.807) is 0 Å². The van der Waals surface area contributed by atoms with Gasteiger partial charge in [0.1, 0.15) is 0 Å². The van der Waals surface area contributed by atoms with E-state index < -0.39 is 11.4 Å². The van der Waals surface area contributed by atoms with Crippen LogP contribution in [0.15, 0.2) is 0 Å². The number of piperidine rings is 1. The van der Waals surface area contributed by atoms with Crippen LogP contribution < -0.4 is 0 Å². The van der Waals surface area contributed by atoms with Gasteiger partial charge in [-0.2, -0.15) is 0 Å². The summed E-state index contributed by atoms with van der Waals surface area (Å²) in [7, 11) is 0. The number of hydrogen-bond donors (Lipinski definition) is 1. The van der Waals surface area contributed by atoms with Gasteiger partial charge >= 0.3 is 5.97 Å². The van der Waals surface area contributed by atoms with E-state index in [0.717, 1.165) is 57.2 Å². The van der Waals surface area contributed by atoms with Crippen molar-refractivity contribution < 1.29 is 9.90 Å². The lowest BCUT2D eigenvalue weighted by atomic mass is 9.73. The van der Waals surface area contributed by atoms with Gasteiger partial charge < -0.3 is 10.0 Å². The molecule has 1 heterocycles. The van der Waals surface area contributed by atoms with Gasteiger partial charge in [-0.25, -0.2) is 0 Å². The van der Waals surface area contributed by atoms with Crippen LogP contribution >= 0.6 is 0 Å². The molecule has 2 fully saturated rings. The van der Waals surface area contributed by atoms with Gasteiger partial charge in [0.05, 0.1) is 5.41 Å². The molecule has 0 unspecified atom stereocenters. The van der Waals surface area contributed by atoms with Crippen LogP contribution in [0, 0.1) is 17.3 Å². The molecule has 2 aliphatic rings. The molecule has 0 aromatic rings. The van der Waals surface area contributed by atoms with Crippen molar-refractivity contribution in [1.82, 2.24) is 4.90 Å². The number of likely N-dealkylation sites (tertiary alicyclic amines) is 1. The summed E-state index contributed by atoms with van der Waals surface area (Å²) >= 11 is 0. The molecule has 0 aromatic heterocycles. The van der Waals surface area contributed by atoms with E-state index in [0.29, 0.717) is 0 Å². The number of carboxylic acid groups (broad SMARTS) is 1. The largest absolute Gasteiger partial charge is 0.481 e. The second kappa shape index (κ2) is 6.25. The SMILES string of the molecule is CC(C)C1CCN(CC2(C(=O)O)CCCCC2)CC1. The summed E-state index contributed by atoms with van der Waals surface area (Å²) in [5.74, 6) is 1.05. The zero-order valence-corrected chi connectivity index (χ0v) is 12.5. The third-order valence-corrected chi connectivity index (χ3v) is 5.37. The standard InChI is InChI=1S/C16H29NO2/c1-13(2)14-6-10-17(11-7-14)12-16(15(18)19)8-4-3-5-9-16/h13-14H,3-12H2,1-2H3,(H,18,19). The van der Waals surface area contributed by atoms with Crippen molar-refractivity contribution in [3.63, 3.8) is 0 Å². The highest BCUT2D eigenvalue weighted by atomic mass is 16.4. The lowest BCUT2D eigenvalue weighted by molar-refractivity contribution is -0.152. The van der Waals surface area contributed by atoms with Crippen LogP contribution in [0.1, 0.15) is 58.8 Å². The van der Waals surface area contributed by atoms with E-state index in [2.05, 4.69) is 18.7 Å². The monoisotopic (exact) mass is 267 g/mol. The van der Waals surface area contributed by atoms with E-state index in [1.165, 1.54) is 19.3 Å². The van der Waals surface area contributed by atoms with Gasteiger partial charge in [-0.15, -0.1) is 0 Å². The zero-order valence-electron chi connectivity index (χ0n) is 12.5. The fourth-order valence-corrected chi connectivity index (χ4v) is 3.87. The zero-order chi connectivity index (χ0) is 13.9. The molecule has 110 valence electrons. The summed E-state index contributed by atoms with van der Waals surface area (Å²) in [6.07, 6.45) is 7.65. The predicted molar refractivity (Wildman–Crippen MR) is 77.2 cm³/mol. The summed E-state index contributed by atoms with van der Waals surface area (Å²) in [4.78, 5) is 14.1. The Morgan fingerprint density at radius 1 is 1.21 bits per heavy atom. The fraction of sp³-hybridized carbons (Fsp3) is 0.938. The average Bonchev–Trinajstić information content (AvgIpc) is 2.40. The molecule has 2 rings (SSSR count). The molecule has 1 N–H and O–H groups in total. The molecule has 3 heteroatoms. The van der Waals surface area contributed by atoms with Gasteiger partial charge in [0.2, 0.25) is 0 Å². The maximum absolute atomic E-state index is 11.7. The van der Waals surface area contributed by atoms with Crippen LogP contribution in [0.4, 0.5) is 0 Å². The van der Waals surface area contributed by atoms with Crippen LogP contribution in [0.5, 0.6) is 0 Å². The Morgan fingerprint density at radius 2 is 1.79 bits per heavy atom. The molecule has 0 spiro atoms. The molecule has 1 saturated heterocycles. The van der Waals surface area contributed by atoms with Crippen molar-refractivity contribution in [2.75, 3.05) is 19.6 Å². The molecule has 0 radical (unpaired) electrons. The van der Waals surface area contributed by atoms with Gasteiger partial charge in [0.15, 0.2) is 0 Å². The van der Waals surface area contributed by atoms with Crippen LogP contribution in [0.3, 0.4) is 0 Å². The maximum Gasteiger partial charge on any atom is 0.310 e. The minimum Gasteiger partial charge on any atom is -0.481 e. The third kappa shape index (κ3) is 3.50. The summed E-state index contributed by atoms with van der Waals surface area (Å²) in [5.41, 5.74) is -0.442. The normalized spacial score (nSPS) is 25.6. The Morgan fingerprint density at radius 3 is 2.26 bits per heavy atom. The van der Waals surface area contributed by atoms with Crippen molar-refractivity contribution in [3.05, 3.63) is 0 Å². The minimum atomic E-state index is -0.557. The van der Waals surface area contributed by atoms with E-state index in [4.69, 9.17) is 0 Å². The number of aliphatic carboxylic acids is 1. The highest BCUT2D eigenvalue weighted by Gasteiger charge is 2.41. The number of carbonyl (C=O) groups is 1. The van der Waals surface area contributed by atoms with Crippen LogP contribution in [0.25, 0.3) is 0 Å². The summed E-state index contributed by atoms with van der Waals surface area (Å²) < 4.78 is 0. The Labute approximate surface area is 117 Å². The Kier molecular flexibility index (Phi) is 4.88. The Bertz CT molecular complexity index is 300. The molecule has 0 amide bonds. The van der Waals surface area contributed by atoms with Crippen LogP contribution in [0.2, 0.25) is 0 Å². The number of rotatable bonds is 4. The Hall–Kier alpha value is -0.570. The van der Waals surface area contributed by atoms with Crippen LogP contribution in [-0.4, -0.2) is 35.6 Å². The summed E-state index contributed by atoms with van der Waals surface area (Å²) in [6.45, 7) is 7.59. The summed E-state index contributed by atoms with van der Waals surface area (Å²) in [5, 5.41) is 9.63. The first kappa shape index (κ1) is 14.8. The second-order valence-corrected chi connectivity index (χ2v) is 7.00. The topological polar surface area (TPSA) is 40.5 Å². The van der Waals surface area contributed by atoms with Gasteiger partial charge in [-0.3, -0.25) is 4.79 Å². The predicted octanol–water partition coefficient (Wildman–Crippen LogP) is 3.39. The molecule has 1 aliphatic carbocycles. The molecule has 0 bridgehead atoms. The molecular weight excluding hydrogens is 238 g/mol. The van der Waals surface area contributed by atoms with Crippen molar-refractivity contribution in [3.8, 4) is 0 Å². The van der Waals surface area contributed by atoms with E-state index in [-0.39, 0.29) is 0 Å². The molecular formula is C16H29NO2. The highest BCUT2D eigenvalue weighted by molar-refractivity contribution is 5.75. The highest BCUT2D eigenvalue weighted by Crippen LogP contribution is 2.38. The van der Waals surface area contributed by atoms with Gasteiger partial charge in [-0.05, 0) is 50.6 Å². The first-order chi connectivity index (χ1) is 9.03. The van der Waals surface area contributed by atoms with Crippen molar-refractivity contribution >= 4 is 5.97 Å². The third-order valence-electron chi connectivity index (χ3n) is 5.37. The number of nitrogens with zero attached hydrogens (tertiary/aromatic N) is 1. The molecule has 19 heavy (non-hydrogen) atoms. The first-order valence-corrected chi connectivity index (χ1v) is 7.99. The van der Waals surface area contributed by atoms with Crippen molar-refractivity contribution in [2.45, 2.75) is 58.8 Å². The number of carboxylic acids is 1. The molecule has 3 nitrogen and oxygen atoms in total. The minimum absolute atomic E-state index is 0.442. The second-order valence-electron chi connectivity index (χ2n) is 7.00. The lowest BCUT2D eigenvalue weighted by Crippen LogP contribution is -2.47. The van der Waals surface area contributed by atoms with E-state index >= 15 is 0 Å². The van der Waals surface area contributed by atoms with Gasteiger partial charge in [0, 0.05) is 6.54 Å².